The van der Waals surface area contributed by atoms with Gasteiger partial charge in [-0.3, -0.25) is 81.2 Å². The summed E-state index contributed by atoms with van der Waals surface area (Å²) in [5.41, 5.74) is 25.6. The molecule has 4 atom stereocenters. The van der Waals surface area contributed by atoms with Crippen LogP contribution in [0.2, 0.25) is 0 Å². The molecule has 6 aromatic rings. The van der Waals surface area contributed by atoms with E-state index in [-0.39, 0.29) is 154 Å². The first-order valence-electron chi connectivity index (χ1n) is 44.1. The van der Waals surface area contributed by atoms with E-state index in [1.54, 1.807) is 112 Å². The van der Waals surface area contributed by atoms with Gasteiger partial charge in [0.25, 0.3) is 23.6 Å². The molecule has 0 radical (unpaired) electrons. The van der Waals surface area contributed by atoms with Crippen molar-refractivity contribution in [1.82, 2.24) is 73.7 Å². The van der Waals surface area contributed by atoms with Crippen molar-refractivity contribution in [2.75, 3.05) is 76.1 Å². The van der Waals surface area contributed by atoms with Crippen molar-refractivity contribution >= 4 is 335 Å². The van der Waals surface area contributed by atoms with Crippen molar-refractivity contribution in [3.63, 3.8) is 0 Å². The lowest BCUT2D eigenvalue weighted by molar-refractivity contribution is -0.156. The highest BCUT2D eigenvalue weighted by Crippen LogP contribution is 2.40. The topological polar surface area (TPSA) is 537 Å². The molecule has 0 saturated carbocycles. The number of pyridine rings is 2. The van der Waals surface area contributed by atoms with Crippen LogP contribution in [0.15, 0.2) is 111 Å². The molecule has 40 nitrogen and oxygen atoms in total. The number of hydrogen-bond donors (Lipinski definition) is 8. The SMILES string of the molecule is CC(=O)N1CC=C(B2OC(C)(C)C(C)(C)O2)CC1.CC(=O)N1CC=C(c2cn(CC(=O)N3C[C@H](F)C[C@H]3C(=O)Nc3cccc(Br)n3)cc2C(N)=O)CC1.CC(=O)N1CC=C(c2cn(CC(=O)O)nc2C(N)=O)CC1.CC(=O)N1CC=C(c2cn(CC(=O)OC(C)(C)C)nc2C(N)=O)CC1.CC(C)(C)OC(=O)Cn1cc(Br)c(C(N)=O)n1.Cl.O=C(Nc1cccc(Br)n1)[C@@H]1C[C@@H](F)CN1.S.S=S.S=S=S.S=S=S=S.S=S=S=S=S. The molecule has 13 heterocycles. The smallest absolute Gasteiger partial charge is 0.480 e. The first-order chi connectivity index (χ1) is 68.9. The fourth-order valence-electron chi connectivity index (χ4n) is 14.3. The number of aromatic nitrogens is 9. The Labute approximate surface area is 956 Å². The predicted molar refractivity (Wildman–Crippen MR) is 616 cm³/mol. The number of carbonyl (C=O) groups excluding carboxylic acids is 13. The highest BCUT2D eigenvalue weighted by Gasteiger charge is 2.53. The monoisotopic (exact) mass is 2560 g/mol. The lowest BCUT2D eigenvalue weighted by Gasteiger charge is -2.32. The number of alkyl halides is 2. The Morgan fingerprint density at radius 3 is 1.25 bits per heavy atom. The third kappa shape index (κ3) is 47.3. The molecule has 818 valence electrons. The number of rotatable bonds is 20. The fourth-order valence-corrected chi connectivity index (χ4v) is 18.2. The van der Waals surface area contributed by atoms with Crippen LogP contribution in [0.1, 0.15) is 194 Å². The molecule has 13 rings (SSSR count). The molecule has 0 aliphatic carbocycles. The van der Waals surface area contributed by atoms with Gasteiger partial charge in [-0.25, -0.2) is 18.7 Å². The minimum Gasteiger partial charge on any atom is -0.480 e. The quantitative estimate of drug-likeness (QED) is 0.0208. The maximum Gasteiger partial charge on any atom is 0.490 e. The molecule has 7 aliphatic heterocycles. The maximum atomic E-state index is 14.3. The Balaban J connectivity index is 0.000000599. The van der Waals surface area contributed by atoms with Crippen molar-refractivity contribution in [1.29, 1.82) is 0 Å². The van der Waals surface area contributed by atoms with Crippen molar-refractivity contribution in [3.05, 3.63) is 150 Å². The van der Waals surface area contributed by atoms with E-state index >= 15 is 0 Å². The van der Waals surface area contributed by atoms with Crippen LogP contribution in [-0.2, 0) is 236 Å². The van der Waals surface area contributed by atoms with Gasteiger partial charge in [0.15, 0.2) is 17.1 Å². The van der Waals surface area contributed by atoms with Crippen LogP contribution in [0, 0.1) is 0 Å². The average molecular weight is 2560 g/mol. The lowest BCUT2D eigenvalue weighted by atomic mass is 9.75. The van der Waals surface area contributed by atoms with E-state index in [0.717, 1.165) is 44.0 Å². The Hall–Kier alpha value is -8.29. The highest BCUT2D eigenvalue weighted by molar-refractivity contribution is 9.11. The van der Waals surface area contributed by atoms with Gasteiger partial charge >= 0.3 is 25.0 Å². The number of nitrogens with zero attached hydrogens (tertiary/aromatic N) is 14. The van der Waals surface area contributed by atoms with Crippen LogP contribution in [-0.4, -0.2) is 276 Å². The summed E-state index contributed by atoms with van der Waals surface area (Å²) in [5, 5.41) is 28.8. The molecule has 6 aromatic heterocycles. The van der Waals surface area contributed by atoms with E-state index in [9.17, 15) is 75.9 Å². The number of likely N-dealkylation sites (tertiary alicyclic amines) is 1. The number of ether oxygens (including phenoxy) is 2. The molecule has 0 bridgehead atoms. The second kappa shape index (κ2) is 66.7. The summed E-state index contributed by atoms with van der Waals surface area (Å²) >= 11 is 42.7. The number of carboxylic acids is 1. The van der Waals surface area contributed by atoms with E-state index < -0.39 is 89.0 Å². The zero-order valence-corrected chi connectivity index (χ0v) is 101. The molecule has 149 heavy (non-hydrogen) atoms. The number of primary amides is 4. The molecule has 11 amide bonds. The maximum absolute atomic E-state index is 14.3. The van der Waals surface area contributed by atoms with Crippen molar-refractivity contribution in [3.8, 4) is 0 Å². The van der Waals surface area contributed by atoms with Crippen molar-refractivity contribution in [2.24, 2.45) is 22.9 Å². The summed E-state index contributed by atoms with van der Waals surface area (Å²) in [5.74, 6) is -4.99. The molecule has 62 heteroatoms. The number of carbonyl (C=O) groups is 14. The number of nitrogens with one attached hydrogen (secondary N) is 3. The summed E-state index contributed by atoms with van der Waals surface area (Å²) in [7, 11) is 6.95. The lowest BCUT2D eigenvalue weighted by Crippen LogP contribution is -2.44. The van der Waals surface area contributed by atoms with Crippen LogP contribution in [0.3, 0.4) is 0 Å². The third-order valence-electron chi connectivity index (χ3n) is 21.7. The van der Waals surface area contributed by atoms with Crippen LogP contribution in [0.5, 0.6) is 0 Å². The minimum atomic E-state index is -1.34. The molecule has 0 unspecified atom stereocenters. The molecule has 12 N–H and O–H groups in total. The van der Waals surface area contributed by atoms with Crippen molar-refractivity contribution in [2.45, 2.75) is 208 Å². The molecule has 3 saturated heterocycles. The van der Waals surface area contributed by atoms with Gasteiger partial charge in [0, 0.05) is 290 Å². The summed E-state index contributed by atoms with van der Waals surface area (Å²) in [6.45, 7) is 28.7. The second-order valence-electron chi connectivity index (χ2n) is 35.2. The van der Waals surface area contributed by atoms with Crippen LogP contribution in [0.25, 0.3) is 16.7 Å². The van der Waals surface area contributed by atoms with Gasteiger partial charge in [-0.1, -0.05) is 36.4 Å². The summed E-state index contributed by atoms with van der Waals surface area (Å²) < 4.78 is 56.5. The average Bonchev–Trinajstić information content (AvgIpc) is 1.62. The first kappa shape index (κ1) is 137. The van der Waals surface area contributed by atoms with Crippen LogP contribution >= 0.6 is 73.7 Å². The Morgan fingerprint density at radius 1 is 0.530 bits per heavy atom. The first-order valence-corrected chi connectivity index (χ1v) is 59.8. The van der Waals surface area contributed by atoms with E-state index in [0.29, 0.717) is 101 Å². The summed E-state index contributed by atoms with van der Waals surface area (Å²) in [6.07, 6.45) is 15.8. The molecule has 3 fully saturated rings. The number of amides is 11. The minimum absolute atomic E-state index is 0. The number of halogens is 6. The largest absolute Gasteiger partial charge is 0.490 e. The van der Waals surface area contributed by atoms with Crippen molar-refractivity contribution < 1.29 is 99.8 Å². The number of aliphatic carboxylic acids is 1. The second-order valence-corrected chi connectivity index (χ2v) is 48.3. The number of nitrogens with two attached hydrogens (primary N) is 4. The normalized spacial score (nSPS) is 16.8. The summed E-state index contributed by atoms with van der Waals surface area (Å²) in [6, 6.07) is 8.76. The standard InChI is InChI=1S/C24H26BrFN6O4.C17H24N4O4.C13H22BNO3.C13H16N4O4.C10H11BrFN3O.C10H14BrN3O3.ClH.S5.S4.S3.S2.H2S/c1-14(33)31-7-5-15(6-8-31)17-11-30(12-18(17)23(27)35)13-22(34)32-10-16(26)9-19(32)24(36)29-21-4-2-3-20(25)28-21;1-11(22)20-7-5-12(6-8-20)13-9-21(19-15(13)16(18)24)10-14(23)25-17(2,3)4;1-10(16)15-8-6-11(7-9-15)14-17-12(2,3)13(4,5)18-14;1-8(18)16-4-2-9(3-5-16)10-6-17(7-11(19)20)15-12(10)13(14)21;11-8-2-1-3-9(14-8)15-10(16)7-4-6(12)5-13-7;1-10(2,3)17-7(15)5-14-4-6(11)8(13-14)9(12)16;;1-3-5-4-2;1-3-4-2;1-3-2;1-2;/h2-5,11-12,16,19H,6-10,13H2,1H3,(H2,27,35)(H,28,29,36);5,9H,6-8,10H2,1-4H3,(H2,18,24);6H,7-9H2,1-5H3;2,6H,3-5,7H2,1H3,(H2,14,21)(H,19,20);1-3,6-7,13H,4-5H2,(H,14,15,16);4H,5H2,1-3H3,(H2,12,16);1H;;;;;1H2/t16-,19+;;;;6-,7+;;;;;;;/m1...1......./s1. The van der Waals surface area contributed by atoms with Gasteiger partial charge < -0.3 is 91.8 Å². The van der Waals surface area contributed by atoms with Gasteiger partial charge in [0.2, 0.25) is 41.4 Å². The van der Waals surface area contributed by atoms with E-state index in [1.165, 1.54) is 107 Å². The van der Waals surface area contributed by atoms with Gasteiger partial charge in [0.05, 0.1) is 33.8 Å². The number of esters is 2. The number of carboxylic acid groups (broad SMARTS) is 1. The Bertz CT molecular complexity index is 6160. The third-order valence-corrected chi connectivity index (χ3v) is 29.8. The van der Waals surface area contributed by atoms with Crippen LogP contribution < -0.4 is 38.9 Å². The highest BCUT2D eigenvalue weighted by atomic mass is 79.9. The van der Waals surface area contributed by atoms with E-state index in [4.69, 9.17) is 46.8 Å². The predicted octanol–water partition coefficient (Wildman–Crippen LogP) is 7.49. The molecule has 7 aliphatic rings. The zero-order valence-electron chi connectivity index (χ0n) is 83.1. The fraction of sp³-hybridized carbons (Fsp3) is 0.483. The van der Waals surface area contributed by atoms with E-state index in [1.807, 2.05) is 23.1 Å². The van der Waals surface area contributed by atoms with Gasteiger partial charge in [-0.15, -0.1) is 12.4 Å². The van der Waals surface area contributed by atoms with Gasteiger partial charge in [-0.2, -0.15) is 28.8 Å². The Kier molecular flexibility index (Phi) is 61.3. The number of anilines is 2. The molecule has 0 aromatic carbocycles. The molecule has 0 spiro atoms. The zero-order chi connectivity index (χ0) is 111. The summed E-state index contributed by atoms with van der Waals surface area (Å²) in [4.78, 5) is 180. The van der Waals surface area contributed by atoms with E-state index in [2.05, 4.69) is 212 Å². The molecular weight excluding hydrogens is 2450 g/mol. The van der Waals surface area contributed by atoms with Gasteiger partial charge in [0.1, 0.15) is 76.6 Å². The van der Waals surface area contributed by atoms with Crippen LogP contribution in [0.4, 0.5) is 20.4 Å². The number of hydrogen-bond acceptors (Lipinski definition) is 32. The molecular formula is C87H116BBr3ClF2N21O19S15. The Morgan fingerprint density at radius 2 is 0.919 bits per heavy atom. The van der Waals surface area contributed by atoms with Gasteiger partial charge in [-0.05, 0) is 189 Å².